The van der Waals surface area contributed by atoms with E-state index >= 15 is 0 Å². The number of hydrogen-bond donors (Lipinski definition) is 1. The number of aliphatic carboxylic acids is 1. The van der Waals surface area contributed by atoms with Gasteiger partial charge in [0.2, 0.25) is 5.91 Å². The number of piperidine rings is 1. The molecule has 3 rings (SSSR count). The number of carboxylic acid groups (broad SMARTS) is 1. The fourth-order valence-electron chi connectivity index (χ4n) is 3.39. The fraction of sp³-hybridized carbons (Fsp3) is 0.444. The fourth-order valence-corrected chi connectivity index (χ4v) is 3.39. The Labute approximate surface area is 135 Å². The minimum Gasteiger partial charge on any atom is -0.481 e. The van der Waals surface area contributed by atoms with Crippen LogP contribution in [-0.2, 0) is 16.0 Å². The van der Waals surface area contributed by atoms with Gasteiger partial charge < -0.3 is 14.9 Å². The minimum absolute atomic E-state index is 0.0745. The van der Waals surface area contributed by atoms with Crippen molar-refractivity contribution in [1.82, 2.24) is 0 Å². The van der Waals surface area contributed by atoms with E-state index in [1.54, 1.807) is 4.90 Å². The highest BCUT2D eigenvalue weighted by Gasteiger charge is 2.27. The number of fused-ring (bicyclic) bond motifs is 1. The number of aryl methyl sites for hydroxylation is 1. The van der Waals surface area contributed by atoms with Gasteiger partial charge in [0.05, 0.1) is 12.5 Å². The zero-order chi connectivity index (χ0) is 16.4. The molecule has 120 valence electrons. The van der Waals surface area contributed by atoms with Crippen molar-refractivity contribution < 1.29 is 14.7 Å². The molecule has 1 aromatic rings. The summed E-state index contributed by atoms with van der Waals surface area (Å²) in [5, 5.41) is 9.09. The number of rotatable bonds is 3. The maximum absolute atomic E-state index is 12.0. The molecule has 2 heterocycles. The van der Waals surface area contributed by atoms with Crippen molar-refractivity contribution in [1.29, 1.82) is 0 Å². The van der Waals surface area contributed by atoms with Crippen LogP contribution in [0.5, 0.6) is 0 Å². The first-order valence-corrected chi connectivity index (χ1v) is 7.94. The topological polar surface area (TPSA) is 60.9 Å². The van der Waals surface area contributed by atoms with E-state index in [1.165, 1.54) is 0 Å². The first kappa shape index (κ1) is 15.4. The summed E-state index contributed by atoms with van der Waals surface area (Å²) in [6, 6.07) is 6.08. The van der Waals surface area contributed by atoms with Crippen molar-refractivity contribution in [3.8, 4) is 12.3 Å². The van der Waals surface area contributed by atoms with Crippen LogP contribution in [0.25, 0.3) is 0 Å². The van der Waals surface area contributed by atoms with Crippen molar-refractivity contribution in [2.45, 2.75) is 25.7 Å². The average Bonchev–Trinajstić information content (AvgIpc) is 2.57. The second-order valence-electron chi connectivity index (χ2n) is 6.10. The quantitative estimate of drug-likeness (QED) is 0.866. The summed E-state index contributed by atoms with van der Waals surface area (Å²) in [7, 11) is 0. The Balaban J connectivity index is 1.78. The van der Waals surface area contributed by atoms with E-state index in [0.29, 0.717) is 25.8 Å². The third-order valence-electron chi connectivity index (χ3n) is 4.72. The van der Waals surface area contributed by atoms with Crippen molar-refractivity contribution in [3.63, 3.8) is 0 Å². The van der Waals surface area contributed by atoms with E-state index in [1.807, 2.05) is 12.1 Å². The zero-order valence-electron chi connectivity index (χ0n) is 13.0. The molecule has 1 N–H and O–H groups in total. The maximum Gasteiger partial charge on any atom is 0.306 e. The van der Waals surface area contributed by atoms with Crippen molar-refractivity contribution in [2.75, 3.05) is 29.4 Å². The SMILES string of the molecule is C#CCN1C(=O)CCc2cc(N3CCC(C(=O)O)CC3)ccc21. The van der Waals surface area contributed by atoms with Gasteiger partial charge in [0.1, 0.15) is 0 Å². The molecule has 0 bridgehead atoms. The zero-order valence-corrected chi connectivity index (χ0v) is 13.0. The van der Waals surface area contributed by atoms with Crippen LogP contribution in [0.2, 0.25) is 0 Å². The van der Waals surface area contributed by atoms with Crippen molar-refractivity contribution in [3.05, 3.63) is 23.8 Å². The number of carbonyl (C=O) groups is 2. The minimum atomic E-state index is -0.696. The number of carbonyl (C=O) groups excluding carboxylic acids is 1. The third-order valence-corrected chi connectivity index (χ3v) is 4.72. The normalized spacial score (nSPS) is 18.5. The average molecular weight is 312 g/mol. The van der Waals surface area contributed by atoms with Crippen LogP contribution >= 0.6 is 0 Å². The summed E-state index contributed by atoms with van der Waals surface area (Å²) >= 11 is 0. The molecule has 0 atom stereocenters. The number of hydrogen-bond acceptors (Lipinski definition) is 3. The van der Waals surface area contributed by atoms with Gasteiger partial charge in [0.25, 0.3) is 0 Å². The van der Waals surface area contributed by atoms with Crippen LogP contribution in [-0.4, -0.2) is 36.6 Å². The van der Waals surface area contributed by atoms with Gasteiger partial charge in [-0.3, -0.25) is 9.59 Å². The molecule has 5 nitrogen and oxygen atoms in total. The van der Waals surface area contributed by atoms with E-state index in [0.717, 1.165) is 36.4 Å². The summed E-state index contributed by atoms with van der Waals surface area (Å²) in [5.74, 6) is 1.69. The van der Waals surface area contributed by atoms with E-state index in [-0.39, 0.29) is 11.8 Å². The lowest BCUT2D eigenvalue weighted by molar-refractivity contribution is -0.142. The summed E-state index contributed by atoms with van der Waals surface area (Å²) in [4.78, 5) is 26.9. The Kier molecular flexibility index (Phi) is 4.24. The molecule has 0 unspecified atom stereocenters. The molecule has 2 aliphatic rings. The Bertz CT molecular complexity index is 669. The summed E-state index contributed by atoms with van der Waals surface area (Å²) in [6.45, 7) is 1.81. The molecule has 1 saturated heterocycles. The molecule has 1 aromatic carbocycles. The van der Waals surface area contributed by atoms with Crippen LogP contribution in [0, 0.1) is 18.3 Å². The molecule has 0 aliphatic carbocycles. The highest BCUT2D eigenvalue weighted by Crippen LogP contribution is 2.32. The van der Waals surface area contributed by atoms with Crippen LogP contribution in [0.3, 0.4) is 0 Å². The molecule has 0 saturated carbocycles. The van der Waals surface area contributed by atoms with Gasteiger partial charge in [0, 0.05) is 30.9 Å². The molecule has 0 radical (unpaired) electrons. The monoisotopic (exact) mass is 312 g/mol. The van der Waals surface area contributed by atoms with Gasteiger partial charge in [-0.2, -0.15) is 0 Å². The number of carboxylic acids is 1. The predicted molar refractivity (Wildman–Crippen MR) is 88.5 cm³/mol. The largest absolute Gasteiger partial charge is 0.481 e. The lowest BCUT2D eigenvalue weighted by Gasteiger charge is -2.34. The smallest absolute Gasteiger partial charge is 0.306 e. The van der Waals surface area contributed by atoms with Crippen molar-refractivity contribution in [2.24, 2.45) is 5.92 Å². The number of nitrogens with zero attached hydrogens (tertiary/aromatic N) is 2. The van der Waals surface area contributed by atoms with E-state index in [2.05, 4.69) is 16.9 Å². The molecule has 5 heteroatoms. The van der Waals surface area contributed by atoms with Crippen LogP contribution in [0.4, 0.5) is 11.4 Å². The Morgan fingerprint density at radius 2 is 2.04 bits per heavy atom. The number of benzene rings is 1. The first-order valence-electron chi connectivity index (χ1n) is 7.94. The summed E-state index contributed by atoms with van der Waals surface area (Å²) < 4.78 is 0. The third kappa shape index (κ3) is 3.02. The van der Waals surface area contributed by atoms with Gasteiger partial charge in [0.15, 0.2) is 0 Å². The van der Waals surface area contributed by atoms with Gasteiger partial charge in [-0.25, -0.2) is 0 Å². The Morgan fingerprint density at radius 3 is 2.70 bits per heavy atom. The maximum atomic E-state index is 12.0. The lowest BCUT2D eigenvalue weighted by Crippen LogP contribution is -2.37. The molecular weight excluding hydrogens is 292 g/mol. The molecular formula is C18H20N2O3. The Hall–Kier alpha value is -2.48. The van der Waals surface area contributed by atoms with Crippen molar-refractivity contribution >= 4 is 23.3 Å². The first-order chi connectivity index (χ1) is 11.1. The standard InChI is InChI=1S/C18H20N2O3/c1-2-9-20-16-5-4-15(12-14(16)3-6-17(20)21)19-10-7-13(8-11-19)18(22)23/h1,4-5,12-13H,3,6-11H2,(H,22,23). The second kappa shape index (κ2) is 6.33. The van der Waals surface area contributed by atoms with Crippen LogP contribution in [0.1, 0.15) is 24.8 Å². The molecule has 0 aromatic heterocycles. The number of amides is 1. The molecule has 23 heavy (non-hydrogen) atoms. The van der Waals surface area contributed by atoms with Gasteiger partial charge in [-0.1, -0.05) is 5.92 Å². The van der Waals surface area contributed by atoms with E-state index in [4.69, 9.17) is 11.5 Å². The summed E-state index contributed by atoms with van der Waals surface area (Å²) in [6.07, 6.45) is 7.93. The second-order valence-corrected chi connectivity index (χ2v) is 6.10. The molecule has 1 amide bonds. The van der Waals surface area contributed by atoms with E-state index in [9.17, 15) is 9.59 Å². The molecule has 2 aliphatic heterocycles. The van der Waals surface area contributed by atoms with Crippen LogP contribution in [0.15, 0.2) is 18.2 Å². The molecule has 1 fully saturated rings. The van der Waals surface area contributed by atoms with Gasteiger partial charge >= 0.3 is 5.97 Å². The van der Waals surface area contributed by atoms with E-state index < -0.39 is 5.97 Å². The highest BCUT2D eigenvalue weighted by molar-refractivity contribution is 5.97. The molecule has 0 spiro atoms. The predicted octanol–water partition coefficient (Wildman–Crippen LogP) is 1.90. The number of anilines is 2. The number of terminal acetylenes is 1. The highest BCUT2D eigenvalue weighted by atomic mass is 16.4. The van der Waals surface area contributed by atoms with Gasteiger partial charge in [-0.05, 0) is 43.0 Å². The summed E-state index contributed by atoms with van der Waals surface area (Å²) in [5.41, 5.74) is 3.14. The van der Waals surface area contributed by atoms with Crippen LogP contribution < -0.4 is 9.80 Å². The van der Waals surface area contributed by atoms with Gasteiger partial charge in [-0.15, -0.1) is 6.42 Å². The Morgan fingerprint density at radius 1 is 1.30 bits per heavy atom. The lowest BCUT2D eigenvalue weighted by atomic mass is 9.95.